The molecule has 0 bridgehead atoms. The van der Waals surface area contributed by atoms with Crippen LogP contribution in [0.1, 0.15) is 74.7 Å². The lowest BCUT2D eigenvalue weighted by Gasteiger charge is -2.23. The van der Waals surface area contributed by atoms with E-state index in [9.17, 15) is 24.0 Å². The lowest BCUT2D eigenvalue weighted by molar-refractivity contribution is -0.126. The van der Waals surface area contributed by atoms with Gasteiger partial charge in [-0.2, -0.15) is 11.8 Å². The lowest BCUT2D eigenvalue weighted by atomic mass is 10.0. The number of unbranched alkanes of at least 4 members (excludes halogenated alkanes) is 2. The maximum absolute atomic E-state index is 12.9. The summed E-state index contributed by atoms with van der Waals surface area (Å²) in [5.74, 6) is -0.0160. The molecule has 41 heavy (non-hydrogen) atoms. The quantitative estimate of drug-likeness (QED) is 0.108. The van der Waals surface area contributed by atoms with Crippen molar-refractivity contribution in [2.45, 2.75) is 88.2 Å². The Bertz CT molecular complexity index is 1100. The molecule has 2 heterocycles. The van der Waals surface area contributed by atoms with Crippen LogP contribution in [0.5, 0.6) is 0 Å². The Hall–Kier alpha value is -3.34. The minimum Gasteiger partial charge on any atom is -0.356 e. The van der Waals surface area contributed by atoms with Crippen molar-refractivity contribution < 1.29 is 24.0 Å². The Morgan fingerprint density at radius 3 is 2.66 bits per heavy atom. The van der Waals surface area contributed by atoms with Crippen molar-refractivity contribution >= 4 is 47.9 Å². The van der Waals surface area contributed by atoms with Gasteiger partial charge < -0.3 is 31.4 Å². The molecular formula is C30H43N5O5S. The summed E-state index contributed by atoms with van der Waals surface area (Å²) in [6.07, 6.45) is 7.30. The standard InChI is InChI=1S/C30H43N5O5S/c1-4-20-10-9-11-21(16-20)28(38)34-26(19(2)3)29(39)32-22(17-36)12-7-8-15-31-25(37)14-6-5-13-24-27-23(18-41-24)33-30(40)35-27/h4,9-11,16-17,19,22-24,26-27H,1,5-8,12-15,18H2,2-3H3,(H,31,37)(H,32,39)(H,34,38)(H2,33,35,40)/t22-,23-,24-,26-,27-/m0/s1. The van der Waals surface area contributed by atoms with Crippen LogP contribution in [-0.2, 0) is 14.4 Å². The largest absolute Gasteiger partial charge is 0.356 e. The summed E-state index contributed by atoms with van der Waals surface area (Å²) in [4.78, 5) is 61.0. The third kappa shape index (κ3) is 9.91. The van der Waals surface area contributed by atoms with Crippen LogP contribution in [0.15, 0.2) is 30.8 Å². The first kappa shape index (κ1) is 32.2. The number of carbonyl (C=O) groups excluding carboxylic acids is 5. The molecule has 5 amide bonds. The van der Waals surface area contributed by atoms with Crippen LogP contribution in [0.2, 0.25) is 0 Å². The third-order valence-corrected chi connectivity index (χ3v) is 8.97. The van der Waals surface area contributed by atoms with Crippen molar-refractivity contribution in [1.82, 2.24) is 26.6 Å². The van der Waals surface area contributed by atoms with Crippen molar-refractivity contribution in [1.29, 1.82) is 0 Å². The Kier molecular flexibility index (Phi) is 12.7. The van der Waals surface area contributed by atoms with Gasteiger partial charge in [-0.25, -0.2) is 4.79 Å². The lowest BCUT2D eigenvalue weighted by Crippen LogP contribution is -2.52. The molecule has 5 atom stereocenters. The normalized spacial score (nSPS) is 20.8. The fourth-order valence-corrected chi connectivity index (χ4v) is 6.64. The van der Waals surface area contributed by atoms with Gasteiger partial charge in [0, 0.05) is 29.5 Å². The van der Waals surface area contributed by atoms with Crippen molar-refractivity contribution in [3.63, 3.8) is 0 Å². The summed E-state index contributed by atoms with van der Waals surface area (Å²) in [5, 5.41) is 14.8. The molecule has 2 aliphatic heterocycles. The van der Waals surface area contributed by atoms with E-state index >= 15 is 0 Å². The molecule has 1 aromatic rings. The van der Waals surface area contributed by atoms with Crippen molar-refractivity contribution in [3.05, 3.63) is 42.0 Å². The van der Waals surface area contributed by atoms with E-state index in [1.54, 1.807) is 24.3 Å². The fraction of sp³-hybridized carbons (Fsp3) is 0.567. The number of thioether (sulfide) groups is 1. The summed E-state index contributed by atoms with van der Waals surface area (Å²) in [6.45, 7) is 7.88. The molecule has 10 nitrogen and oxygen atoms in total. The summed E-state index contributed by atoms with van der Waals surface area (Å²) < 4.78 is 0. The van der Waals surface area contributed by atoms with Gasteiger partial charge in [0.05, 0.1) is 18.1 Å². The zero-order valence-corrected chi connectivity index (χ0v) is 24.8. The van der Waals surface area contributed by atoms with Gasteiger partial charge in [-0.05, 0) is 55.7 Å². The van der Waals surface area contributed by atoms with Gasteiger partial charge in [-0.3, -0.25) is 14.4 Å². The molecular weight excluding hydrogens is 542 g/mol. The highest BCUT2D eigenvalue weighted by atomic mass is 32.2. The van der Waals surface area contributed by atoms with Crippen LogP contribution in [0.25, 0.3) is 6.08 Å². The second-order valence-corrected chi connectivity index (χ2v) is 12.3. The van der Waals surface area contributed by atoms with E-state index in [4.69, 9.17) is 0 Å². The summed E-state index contributed by atoms with van der Waals surface area (Å²) in [6, 6.07) is 5.82. The molecule has 2 saturated heterocycles. The molecule has 0 saturated carbocycles. The zero-order chi connectivity index (χ0) is 29.8. The number of benzene rings is 1. The first-order chi connectivity index (χ1) is 19.7. The predicted octanol–water partition coefficient (Wildman–Crippen LogP) is 2.78. The van der Waals surface area contributed by atoms with Crippen molar-refractivity contribution in [3.8, 4) is 0 Å². The third-order valence-electron chi connectivity index (χ3n) is 7.46. The highest BCUT2D eigenvalue weighted by Crippen LogP contribution is 2.33. The zero-order valence-electron chi connectivity index (χ0n) is 23.9. The smallest absolute Gasteiger partial charge is 0.315 e. The Morgan fingerprint density at radius 2 is 1.93 bits per heavy atom. The number of urea groups is 1. The number of amides is 5. The molecule has 224 valence electrons. The Labute approximate surface area is 246 Å². The molecule has 0 spiro atoms. The molecule has 2 aliphatic rings. The molecule has 0 radical (unpaired) electrons. The molecule has 3 rings (SSSR count). The van der Waals surface area contributed by atoms with Gasteiger partial charge in [-0.1, -0.05) is 45.1 Å². The molecule has 0 aromatic heterocycles. The summed E-state index contributed by atoms with van der Waals surface area (Å²) >= 11 is 1.88. The van der Waals surface area contributed by atoms with Gasteiger partial charge >= 0.3 is 6.03 Å². The topological polar surface area (TPSA) is 146 Å². The van der Waals surface area contributed by atoms with E-state index in [0.29, 0.717) is 49.3 Å². The molecule has 5 N–H and O–H groups in total. The number of aldehydes is 1. The molecule has 0 aliphatic carbocycles. The van der Waals surface area contributed by atoms with Crippen molar-refractivity contribution in [2.75, 3.05) is 12.3 Å². The second kappa shape index (κ2) is 16.2. The van der Waals surface area contributed by atoms with Crippen LogP contribution in [-0.4, -0.2) is 71.8 Å². The van der Waals surface area contributed by atoms with E-state index in [2.05, 4.69) is 33.2 Å². The van der Waals surface area contributed by atoms with Crippen LogP contribution >= 0.6 is 11.8 Å². The number of hydrogen-bond acceptors (Lipinski definition) is 6. The van der Waals surface area contributed by atoms with Gasteiger partial charge in [-0.15, -0.1) is 0 Å². The highest BCUT2D eigenvalue weighted by Gasteiger charge is 2.42. The van der Waals surface area contributed by atoms with Gasteiger partial charge in [0.25, 0.3) is 5.91 Å². The molecule has 2 fully saturated rings. The number of fused-ring (bicyclic) bond motifs is 1. The van der Waals surface area contributed by atoms with E-state index in [1.807, 2.05) is 31.7 Å². The first-order valence-corrected chi connectivity index (χ1v) is 15.5. The summed E-state index contributed by atoms with van der Waals surface area (Å²) in [7, 11) is 0. The SMILES string of the molecule is C=Cc1cccc(C(=O)N[C@H](C(=O)N[C@H](C=O)CCCCNC(=O)CCCC[C@@H]2SC[C@@H]3NC(=O)N[C@@H]32)C(C)C)c1. The van der Waals surface area contributed by atoms with Crippen LogP contribution in [0, 0.1) is 5.92 Å². The molecule has 11 heteroatoms. The first-order valence-electron chi connectivity index (χ1n) is 14.5. The Morgan fingerprint density at radius 1 is 1.12 bits per heavy atom. The van der Waals surface area contributed by atoms with Gasteiger partial charge in [0.2, 0.25) is 11.8 Å². The maximum atomic E-state index is 12.9. The minimum absolute atomic E-state index is 0.00664. The highest BCUT2D eigenvalue weighted by molar-refractivity contribution is 8.00. The van der Waals surface area contributed by atoms with Gasteiger partial charge in [0.1, 0.15) is 12.3 Å². The maximum Gasteiger partial charge on any atom is 0.315 e. The molecule has 0 unspecified atom stereocenters. The molecule has 1 aromatic carbocycles. The second-order valence-electron chi connectivity index (χ2n) is 11.0. The van der Waals surface area contributed by atoms with Crippen LogP contribution < -0.4 is 26.6 Å². The summed E-state index contributed by atoms with van der Waals surface area (Å²) in [5.41, 5.74) is 1.23. The van der Waals surface area contributed by atoms with Gasteiger partial charge in [0.15, 0.2) is 0 Å². The van der Waals surface area contributed by atoms with Crippen LogP contribution in [0.3, 0.4) is 0 Å². The number of carbonyl (C=O) groups is 5. The van der Waals surface area contributed by atoms with E-state index in [-0.39, 0.29) is 35.8 Å². The van der Waals surface area contributed by atoms with E-state index in [1.165, 1.54) is 0 Å². The van der Waals surface area contributed by atoms with Crippen molar-refractivity contribution in [2.24, 2.45) is 5.92 Å². The monoisotopic (exact) mass is 585 g/mol. The fourth-order valence-electron chi connectivity index (χ4n) is 5.09. The number of rotatable bonds is 17. The number of hydrogen-bond donors (Lipinski definition) is 5. The average molecular weight is 586 g/mol. The van der Waals surface area contributed by atoms with Crippen LogP contribution in [0.4, 0.5) is 4.79 Å². The minimum atomic E-state index is -0.793. The number of nitrogens with one attached hydrogen (secondary N) is 5. The van der Waals surface area contributed by atoms with E-state index < -0.39 is 18.0 Å². The predicted molar refractivity (Wildman–Crippen MR) is 161 cm³/mol. The van der Waals surface area contributed by atoms with E-state index in [0.717, 1.165) is 30.6 Å². The average Bonchev–Trinajstić information content (AvgIpc) is 3.51. The Balaban J connectivity index is 1.29.